The quantitative estimate of drug-likeness (QED) is 0.229. The standard InChI is InChI=1S/C28H18S4/c1-2-5-19(6-3-1)20-8-10-21(11-9-20)22-12-13-25(30-22)26-16-17-28(32-26)27-15-14-24(31-27)23-7-4-18-29-23/h1-18H. The monoisotopic (exact) mass is 482 g/mol. The molecular formula is C28H18S4. The van der Waals surface area contributed by atoms with Crippen molar-refractivity contribution in [1.29, 1.82) is 0 Å². The molecule has 2 aromatic carbocycles. The molecule has 0 fully saturated rings. The van der Waals surface area contributed by atoms with Crippen LogP contribution in [0.4, 0.5) is 0 Å². The average Bonchev–Trinajstić information content (AvgIpc) is 3.64. The summed E-state index contributed by atoms with van der Waals surface area (Å²) in [6, 6.07) is 37.3. The van der Waals surface area contributed by atoms with Crippen molar-refractivity contribution < 1.29 is 0 Å². The normalized spacial score (nSPS) is 11.1. The van der Waals surface area contributed by atoms with Gasteiger partial charge in [-0.1, -0.05) is 60.7 Å². The number of thiophene rings is 4. The van der Waals surface area contributed by atoms with Gasteiger partial charge in [-0.2, -0.15) is 0 Å². The molecule has 6 aromatic rings. The third kappa shape index (κ3) is 3.91. The van der Waals surface area contributed by atoms with E-state index in [1.165, 1.54) is 50.8 Å². The van der Waals surface area contributed by atoms with Gasteiger partial charge in [-0.25, -0.2) is 0 Å². The Bertz CT molecular complexity index is 1450. The first-order chi connectivity index (χ1) is 15.8. The fourth-order valence-corrected chi connectivity index (χ4v) is 7.75. The zero-order valence-electron chi connectivity index (χ0n) is 17.0. The molecule has 0 spiro atoms. The van der Waals surface area contributed by atoms with Crippen LogP contribution < -0.4 is 0 Å². The SMILES string of the molecule is c1ccc(-c2ccc(-c3ccc(-c4ccc(-c5ccc(-c6cccs6)s5)s4)s3)cc2)cc1. The van der Waals surface area contributed by atoms with E-state index in [0.29, 0.717) is 0 Å². The summed E-state index contributed by atoms with van der Waals surface area (Å²) in [5.74, 6) is 0. The molecule has 0 amide bonds. The Labute approximate surface area is 203 Å². The first-order valence-electron chi connectivity index (χ1n) is 10.3. The Morgan fingerprint density at radius 1 is 0.312 bits per heavy atom. The lowest BCUT2D eigenvalue weighted by Gasteiger charge is -2.03. The molecule has 0 radical (unpaired) electrons. The van der Waals surface area contributed by atoms with Crippen LogP contribution in [0.25, 0.3) is 50.8 Å². The average molecular weight is 483 g/mol. The zero-order valence-corrected chi connectivity index (χ0v) is 20.3. The van der Waals surface area contributed by atoms with Crippen LogP contribution in [0, 0.1) is 0 Å². The summed E-state index contributed by atoms with van der Waals surface area (Å²) in [6.07, 6.45) is 0. The van der Waals surface area contributed by atoms with Crippen LogP contribution in [0.15, 0.2) is 109 Å². The van der Waals surface area contributed by atoms with Gasteiger partial charge in [-0.05, 0) is 64.5 Å². The molecular weight excluding hydrogens is 465 g/mol. The van der Waals surface area contributed by atoms with E-state index in [1.54, 1.807) is 11.3 Å². The van der Waals surface area contributed by atoms with Gasteiger partial charge in [0.05, 0.1) is 0 Å². The second-order valence-corrected chi connectivity index (χ2v) is 11.6. The predicted octanol–water partition coefficient (Wildman–Crippen LogP) is 10.3. The molecule has 0 aliphatic carbocycles. The van der Waals surface area contributed by atoms with Crippen LogP contribution in [-0.4, -0.2) is 0 Å². The molecule has 0 saturated carbocycles. The molecule has 0 saturated heterocycles. The minimum Gasteiger partial charge on any atom is -0.143 e. The first kappa shape index (κ1) is 19.9. The van der Waals surface area contributed by atoms with Crippen molar-refractivity contribution in [2.24, 2.45) is 0 Å². The summed E-state index contributed by atoms with van der Waals surface area (Å²) in [5.41, 5.74) is 3.79. The molecule has 6 rings (SSSR count). The third-order valence-electron chi connectivity index (χ3n) is 5.34. The maximum Gasteiger partial charge on any atom is 0.0449 e. The number of rotatable bonds is 5. The van der Waals surface area contributed by atoms with Gasteiger partial charge in [0.2, 0.25) is 0 Å². The van der Waals surface area contributed by atoms with Gasteiger partial charge in [0.1, 0.15) is 0 Å². The smallest absolute Gasteiger partial charge is 0.0449 e. The van der Waals surface area contributed by atoms with Gasteiger partial charge in [0.15, 0.2) is 0 Å². The lowest BCUT2D eigenvalue weighted by atomic mass is 10.0. The topological polar surface area (TPSA) is 0 Å². The van der Waals surface area contributed by atoms with Crippen molar-refractivity contribution >= 4 is 45.3 Å². The van der Waals surface area contributed by atoms with Gasteiger partial charge < -0.3 is 0 Å². The molecule has 0 unspecified atom stereocenters. The molecule has 0 atom stereocenters. The molecule has 4 aromatic heterocycles. The zero-order chi connectivity index (χ0) is 21.3. The molecule has 4 heterocycles. The molecule has 32 heavy (non-hydrogen) atoms. The second-order valence-electron chi connectivity index (χ2n) is 7.41. The maximum atomic E-state index is 2.26. The molecule has 0 N–H and O–H groups in total. The van der Waals surface area contributed by atoms with E-state index in [1.807, 2.05) is 34.0 Å². The predicted molar refractivity (Wildman–Crippen MR) is 145 cm³/mol. The van der Waals surface area contributed by atoms with Gasteiger partial charge in [0, 0.05) is 34.1 Å². The lowest BCUT2D eigenvalue weighted by Crippen LogP contribution is -1.77. The largest absolute Gasteiger partial charge is 0.143 e. The van der Waals surface area contributed by atoms with Gasteiger partial charge in [-0.15, -0.1) is 45.3 Å². The van der Waals surface area contributed by atoms with Crippen molar-refractivity contribution in [3.8, 4) is 50.8 Å². The molecule has 4 heteroatoms. The second kappa shape index (κ2) is 8.64. The number of benzene rings is 2. The van der Waals surface area contributed by atoms with Crippen LogP contribution in [-0.2, 0) is 0 Å². The fraction of sp³-hybridized carbons (Fsp3) is 0. The first-order valence-corrected chi connectivity index (χ1v) is 13.7. The number of hydrogen-bond acceptors (Lipinski definition) is 4. The highest BCUT2D eigenvalue weighted by atomic mass is 32.1. The van der Waals surface area contributed by atoms with E-state index in [2.05, 4.69) is 109 Å². The Balaban J connectivity index is 1.23. The van der Waals surface area contributed by atoms with Crippen LogP contribution in [0.1, 0.15) is 0 Å². The van der Waals surface area contributed by atoms with Crippen LogP contribution in [0.2, 0.25) is 0 Å². The summed E-state index contributed by atoms with van der Waals surface area (Å²) >= 11 is 7.43. The summed E-state index contributed by atoms with van der Waals surface area (Å²) in [4.78, 5) is 9.36. The Hall–Kier alpha value is -2.76. The number of hydrogen-bond donors (Lipinski definition) is 0. The Morgan fingerprint density at radius 3 is 1.34 bits per heavy atom. The van der Waals surface area contributed by atoms with E-state index >= 15 is 0 Å². The van der Waals surface area contributed by atoms with Crippen molar-refractivity contribution in [3.63, 3.8) is 0 Å². The Kier molecular flexibility index (Phi) is 5.37. The van der Waals surface area contributed by atoms with Crippen molar-refractivity contribution in [3.05, 3.63) is 109 Å². The molecule has 0 nitrogen and oxygen atoms in total. The summed E-state index contributed by atoms with van der Waals surface area (Å²) in [5, 5.41) is 2.14. The van der Waals surface area contributed by atoms with Crippen molar-refractivity contribution in [2.75, 3.05) is 0 Å². The van der Waals surface area contributed by atoms with Crippen LogP contribution >= 0.6 is 45.3 Å². The summed E-state index contributed by atoms with van der Waals surface area (Å²) in [6.45, 7) is 0. The van der Waals surface area contributed by atoms with E-state index in [9.17, 15) is 0 Å². The minimum absolute atomic E-state index is 1.26. The van der Waals surface area contributed by atoms with Crippen LogP contribution in [0.5, 0.6) is 0 Å². The minimum atomic E-state index is 1.26. The van der Waals surface area contributed by atoms with E-state index in [0.717, 1.165) is 0 Å². The molecule has 0 bridgehead atoms. The van der Waals surface area contributed by atoms with Gasteiger partial charge in [-0.3, -0.25) is 0 Å². The maximum absolute atomic E-state index is 2.26. The van der Waals surface area contributed by atoms with Gasteiger partial charge in [0.25, 0.3) is 0 Å². The van der Waals surface area contributed by atoms with Crippen molar-refractivity contribution in [2.45, 2.75) is 0 Å². The molecule has 0 aliphatic heterocycles. The summed E-state index contributed by atoms with van der Waals surface area (Å²) < 4.78 is 0. The van der Waals surface area contributed by atoms with E-state index in [-0.39, 0.29) is 0 Å². The molecule has 0 aliphatic rings. The van der Waals surface area contributed by atoms with E-state index in [4.69, 9.17) is 0 Å². The highest BCUT2D eigenvalue weighted by Gasteiger charge is 2.11. The fourth-order valence-electron chi connectivity index (χ4n) is 3.71. The van der Waals surface area contributed by atoms with Gasteiger partial charge >= 0.3 is 0 Å². The van der Waals surface area contributed by atoms with Crippen LogP contribution in [0.3, 0.4) is 0 Å². The van der Waals surface area contributed by atoms with E-state index < -0.39 is 0 Å². The highest BCUT2D eigenvalue weighted by molar-refractivity contribution is 7.28. The lowest BCUT2D eigenvalue weighted by molar-refractivity contribution is 1.62. The third-order valence-corrected chi connectivity index (χ3v) is 10.1. The van der Waals surface area contributed by atoms with Crippen molar-refractivity contribution in [1.82, 2.24) is 0 Å². The highest BCUT2D eigenvalue weighted by Crippen LogP contribution is 2.43. The summed E-state index contributed by atoms with van der Waals surface area (Å²) in [7, 11) is 0. The molecule has 154 valence electrons. The Morgan fingerprint density at radius 2 is 0.781 bits per heavy atom.